The second kappa shape index (κ2) is 6.81. The molecule has 2 atom stereocenters. The first kappa shape index (κ1) is 13.4. The minimum atomic E-state index is -0.695. The van der Waals surface area contributed by atoms with Crippen LogP contribution < -0.4 is 5.32 Å². The lowest BCUT2D eigenvalue weighted by Crippen LogP contribution is -2.31. The molecular weight excluding hydrogens is 218 g/mol. The second-order valence-corrected chi connectivity index (χ2v) is 5.82. The van der Waals surface area contributed by atoms with E-state index in [1.54, 1.807) is 6.26 Å². The Balaban J connectivity index is 2.37. The quantitative estimate of drug-likeness (QED) is 0.821. The van der Waals surface area contributed by atoms with E-state index in [2.05, 4.69) is 43.4 Å². The highest BCUT2D eigenvalue weighted by Crippen LogP contribution is 2.09. The summed E-state index contributed by atoms with van der Waals surface area (Å²) in [7, 11) is -0.695. The smallest absolute Gasteiger partial charge is 0.0357 e. The molecule has 0 amide bonds. The van der Waals surface area contributed by atoms with Gasteiger partial charge in [0.05, 0.1) is 0 Å². The third-order valence-electron chi connectivity index (χ3n) is 2.67. The SMILES string of the molecule is Cc1ccccc1CC(C)NCCS(C)=O. The van der Waals surface area contributed by atoms with E-state index in [-0.39, 0.29) is 0 Å². The predicted molar refractivity (Wildman–Crippen MR) is 71.3 cm³/mol. The van der Waals surface area contributed by atoms with E-state index < -0.39 is 10.8 Å². The Labute approximate surface area is 101 Å². The largest absolute Gasteiger partial charge is 0.313 e. The van der Waals surface area contributed by atoms with Crippen LogP contribution in [-0.4, -0.2) is 28.8 Å². The maximum Gasteiger partial charge on any atom is 0.0357 e. The molecule has 90 valence electrons. The van der Waals surface area contributed by atoms with Gasteiger partial charge in [0.1, 0.15) is 0 Å². The van der Waals surface area contributed by atoms with Crippen LogP contribution in [-0.2, 0) is 17.2 Å². The Hall–Kier alpha value is -0.670. The fourth-order valence-corrected chi connectivity index (χ4v) is 2.10. The summed E-state index contributed by atoms with van der Waals surface area (Å²) in [6, 6.07) is 8.90. The van der Waals surface area contributed by atoms with Crippen molar-refractivity contribution in [3.63, 3.8) is 0 Å². The molecule has 1 N–H and O–H groups in total. The van der Waals surface area contributed by atoms with Crippen molar-refractivity contribution in [1.82, 2.24) is 5.32 Å². The third-order valence-corrected chi connectivity index (χ3v) is 3.45. The Bertz CT molecular complexity index is 352. The van der Waals surface area contributed by atoms with Crippen LogP contribution >= 0.6 is 0 Å². The monoisotopic (exact) mass is 239 g/mol. The number of hydrogen-bond donors (Lipinski definition) is 1. The minimum absolute atomic E-state index is 0.435. The average molecular weight is 239 g/mol. The van der Waals surface area contributed by atoms with Crippen LogP contribution in [0.1, 0.15) is 18.1 Å². The summed E-state index contributed by atoms with van der Waals surface area (Å²) in [6.45, 7) is 5.14. The summed E-state index contributed by atoms with van der Waals surface area (Å²) in [5, 5.41) is 3.40. The lowest BCUT2D eigenvalue weighted by Gasteiger charge is -2.14. The molecule has 0 heterocycles. The summed E-state index contributed by atoms with van der Waals surface area (Å²) in [4.78, 5) is 0. The normalized spacial score (nSPS) is 14.7. The van der Waals surface area contributed by atoms with Gasteiger partial charge in [0.15, 0.2) is 0 Å². The minimum Gasteiger partial charge on any atom is -0.313 e. The molecule has 1 aromatic rings. The van der Waals surface area contributed by atoms with E-state index in [4.69, 9.17) is 0 Å². The standard InChI is InChI=1S/C13H21NOS/c1-11-6-4-5-7-13(11)10-12(2)14-8-9-16(3)15/h4-7,12,14H,8-10H2,1-3H3. The molecule has 0 radical (unpaired) electrons. The van der Waals surface area contributed by atoms with Crippen molar-refractivity contribution in [3.05, 3.63) is 35.4 Å². The van der Waals surface area contributed by atoms with Crippen molar-refractivity contribution in [2.24, 2.45) is 0 Å². The van der Waals surface area contributed by atoms with Gasteiger partial charge in [-0.25, -0.2) is 0 Å². The van der Waals surface area contributed by atoms with Crippen molar-refractivity contribution in [3.8, 4) is 0 Å². The van der Waals surface area contributed by atoms with Crippen molar-refractivity contribution in [2.75, 3.05) is 18.6 Å². The first-order chi connectivity index (χ1) is 7.59. The van der Waals surface area contributed by atoms with Gasteiger partial charge in [-0.1, -0.05) is 24.3 Å². The third kappa shape index (κ3) is 4.90. The fourth-order valence-electron chi connectivity index (χ4n) is 1.69. The van der Waals surface area contributed by atoms with Gasteiger partial charge in [0, 0.05) is 35.4 Å². The number of aryl methyl sites for hydroxylation is 1. The van der Waals surface area contributed by atoms with Crippen molar-refractivity contribution in [1.29, 1.82) is 0 Å². The van der Waals surface area contributed by atoms with Gasteiger partial charge in [-0.3, -0.25) is 4.21 Å². The fraction of sp³-hybridized carbons (Fsp3) is 0.538. The van der Waals surface area contributed by atoms with Gasteiger partial charge in [-0.05, 0) is 31.4 Å². The zero-order valence-corrected chi connectivity index (χ0v) is 11.1. The van der Waals surface area contributed by atoms with E-state index in [9.17, 15) is 4.21 Å². The second-order valence-electron chi connectivity index (χ2n) is 4.26. The maximum absolute atomic E-state index is 10.9. The Morgan fingerprint density at radius 2 is 2.06 bits per heavy atom. The number of hydrogen-bond acceptors (Lipinski definition) is 2. The summed E-state index contributed by atoms with van der Waals surface area (Å²) < 4.78 is 10.9. The van der Waals surface area contributed by atoms with Gasteiger partial charge >= 0.3 is 0 Å². The van der Waals surface area contributed by atoms with E-state index in [1.807, 2.05) is 0 Å². The molecule has 1 rings (SSSR count). The van der Waals surface area contributed by atoms with E-state index in [0.29, 0.717) is 6.04 Å². The lowest BCUT2D eigenvalue weighted by molar-refractivity contribution is 0.564. The summed E-state index contributed by atoms with van der Waals surface area (Å²) in [5.74, 6) is 0.734. The molecule has 0 aliphatic rings. The van der Waals surface area contributed by atoms with Crippen LogP contribution in [0.4, 0.5) is 0 Å². The number of nitrogens with one attached hydrogen (secondary N) is 1. The van der Waals surface area contributed by atoms with Crippen LogP contribution in [0.2, 0.25) is 0 Å². The van der Waals surface area contributed by atoms with Gasteiger partial charge in [-0.2, -0.15) is 0 Å². The molecule has 0 fully saturated rings. The van der Waals surface area contributed by atoms with E-state index in [1.165, 1.54) is 11.1 Å². The van der Waals surface area contributed by atoms with Crippen LogP contribution in [0, 0.1) is 6.92 Å². The lowest BCUT2D eigenvalue weighted by atomic mass is 10.0. The van der Waals surface area contributed by atoms with Crippen LogP contribution in [0.3, 0.4) is 0 Å². The molecule has 1 aromatic carbocycles. The van der Waals surface area contributed by atoms with Gasteiger partial charge in [0.25, 0.3) is 0 Å². The summed E-state index contributed by atoms with van der Waals surface area (Å²) in [5.41, 5.74) is 2.73. The molecule has 2 unspecified atom stereocenters. The van der Waals surface area contributed by atoms with Crippen molar-refractivity contribution < 1.29 is 4.21 Å². The Morgan fingerprint density at radius 3 is 2.69 bits per heavy atom. The predicted octanol–water partition coefficient (Wildman–Crippen LogP) is 1.89. The Kier molecular flexibility index (Phi) is 5.71. The van der Waals surface area contributed by atoms with E-state index >= 15 is 0 Å². The molecule has 0 bridgehead atoms. The van der Waals surface area contributed by atoms with Gasteiger partial charge < -0.3 is 5.32 Å². The van der Waals surface area contributed by atoms with Crippen molar-refractivity contribution >= 4 is 10.8 Å². The van der Waals surface area contributed by atoms with Crippen molar-refractivity contribution in [2.45, 2.75) is 26.3 Å². The molecule has 2 nitrogen and oxygen atoms in total. The van der Waals surface area contributed by atoms with Crippen LogP contribution in [0.5, 0.6) is 0 Å². The highest BCUT2D eigenvalue weighted by molar-refractivity contribution is 7.84. The highest BCUT2D eigenvalue weighted by Gasteiger charge is 2.04. The molecule has 0 aliphatic heterocycles. The molecule has 16 heavy (non-hydrogen) atoms. The number of benzene rings is 1. The molecule has 3 heteroatoms. The zero-order chi connectivity index (χ0) is 12.0. The molecular formula is C13H21NOS. The Morgan fingerprint density at radius 1 is 1.38 bits per heavy atom. The van der Waals surface area contributed by atoms with Crippen LogP contribution in [0.15, 0.2) is 24.3 Å². The van der Waals surface area contributed by atoms with Gasteiger partial charge in [-0.15, -0.1) is 0 Å². The summed E-state index contributed by atoms with van der Waals surface area (Å²) >= 11 is 0. The molecule has 0 saturated carbocycles. The van der Waals surface area contributed by atoms with Crippen LogP contribution in [0.25, 0.3) is 0 Å². The molecule has 0 saturated heterocycles. The van der Waals surface area contributed by atoms with E-state index in [0.717, 1.165) is 18.7 Å². The topological polar surface area (TPSA) is 29.1 Å². The summed E-state index contributed by atoms with van der Waals surface area (Å²) in [6.07, 6.45) is 2.77. The molecule has 0 aromatic heterocycles. The maximum atomic E-state index is 10.9. The average Bonchev–Trinajstić information content (AvgIpc) is 2.21. The first-order valence-electron chi connectivity index (χ1n) is 5.67. The highest BCUT2D eigenvalue weighted by atomic mass is 32.2. The first-order valence-corrected chi connectivity index (χ1v) is 7.40. The zero-order valence-electron chi connectivity index (χ0n) is 10.3. The number of rotatable bonds is 6. The molecule has 0 spiro atoms. The molecule has 0 aliphatic carbocycles. The van der Waals surface area contributed by atoms with Gasteiger partial charge in [0.2, 0.25) is 0 Å².